The molecule has 1 atom stereocenters. The molecule has 0 saturated heterocycles. The van der Waals surface area contributed by atoms with Gasteiger partial charge in [0.1, 0.15) is 5.84 Å². The molecule has 86 valence electrons. The van der Waals surface area contributed by atoms with E-state index in [-0.39, 0.29) is 0 Å². The van der Waals surface area contributed by atoms with Crippen molar-refractivity contribution in [2.24, 2.45) is 10.1 Å². The van der Waals surface area contributed by atoms with Gasteiger partial charge < -0.3 is 5.73 Å². The Morgan fingerprint density at radius 3 is 2.60 bits per heavy atom. The molecule has 3 N–H and O–H groups in total. The van der Waals surface area contributed by atoms with Gasteiger partial charge >= 0.3 is 0 Å². The van der Waals surface area contributed by atoms with Crippen molar-refractivity contribution in [2.75, 3.05) is 0 Å². The summed E-state index contributed by atoms with van der Waals surface area (Å²) in [5.41, 5.74) is 7.23. The molecular formula is C10H19N3OS. The van der Waals surface area contributed by atoms with Crippen molar-refractivity contribution in [2.45, 2.75) is 34.1 Å². The fourth-order valence-electron chi connectivity index (χ4n) is 1.11. The molecule has 0 aromatic carbocycles. The zero-order chi connectivity index (χ0) is 11.8. The largest absolute Gasteiger partial charge is 0.382 e. The van der Waals surface area contributed by atoms with E-state index < -0.39 is 11.2 Å². The zero-order valence-corrected chi connectivity index (χ0v) is 10.5. The molecule has 1 rings (SSSR count). The third kappa shape index (κ3) is 3.87. The van der Waals surface area contributed by atoms with Gasteiger partial charge in [-0.2, -0.15) is 4.40 Å². The third-order valence-corrected chi connectivity index (χ3v) is 2.40. The Kier molecular flexibility index (Phi) is 6.70. The minimum absolute atomic E-state index is 0.333. The minimum Gasteiger partial charge on any atom is -0.382 e. The fourth-order valence-corrected chi connectivity index (χ4v) is 1.81. The van der Waals surface area contributed by atoms with E-state index in [0.29, 0.717) is 5.84 Å². The van der Waals surface area contributed by atoms with Crippen molar-refractivity contribution in [3.63, 3.8) is 0 Å². The molecule has 1 aliphatic heterocycles. The highest BCUT2D eigenvalue weighted by molar-refractivity contribution is 7.82. The lowest BCUT2D eigenvalue weighted by Crippen LogP contribution is -2.31. The van der Waals surface area contributed by atoms with Crippen LogP contribution < -0.4 is 10.5 Å². The molecule has 0 aliphatic carbocycles. The van der Waals surface area contributed by atoms with Gasteiger partial charge in [-0.15, -0.1) is 0 Å². The first-order valence-corrected chi connectivity index (χ1v) is 6.19. The second-order valence-corrected chi connectivity index (χ2v) is 3.44. The molecule has 4 nitrogen and oxygen atoms in total. The molecule has 15 heavy (non-hydrogen) atoms. The summed E-state index contributed by atoms with van der Waals surface area (Å²) in [5, 5.41) is 0. The second kappa shape index (κ2) is 7.23. The van der Waals surface area contributed by atoms with Gasteiger partial charge in [0.15, 0.2) is 0 Å². The van der Waals surface area contributed by atoms with Crippen LogP contribution in [-0.4, -0.2) is 10.0 Å². The molecule has 0 radical (unpaired) electrons. The lowest BCUT2D eigenvalue weighted by atomic mass is 10.1. The number of nitrogens with two attached hydrogens (primary N) is 1. The van der Waals surface area contributed by atoms with Crippen LogP contribution in [0.5, 0.6) is 0 Å². The summed E-state index contributed by atoms with van der Waals surface area (Å²) < 4.78 is 17.5. The quantitative estimate of drug-likeness (QED) is 0.720. The molecule has 0 aromatic rings. The molecule has 1 unspecified atom stereocenters. The van der Waals surface area contributed by atoms with E-state index in [1.807, 2.05) is 39.8 Å². The van der Waals surface area contributed by atoms with Gasteiger partial charge in [0, 0.05) is 5.57 Å². The first-order valence-electron chi connectivity index (χ1n) is 5.09. The van der Waals surface area contributed by atoms with Crippen molar-refractivity contribution in [1.29, 1.82) is 0 Å². The van der Waals surface area contributed by atoms with E-state index >= 15 is 0 Å². The highest BCUT2D eigenvalue weighted by Gasteiger charge is 2.16. The Morgan fingerprint density at radius 2 is 2.13 bits per heavy atom. The molecule has 0 spiro atoms. The summed E-state index contributed by atoms with van der Waals surface area (Å²) in [6.07, 6.45) is 4.66. The van der Waals surface area contributed by atoms with Crippen LogP contribution in [0, 0.1) is 0 Å². The summed E-state index contributed by atoms with van der Waals surface area (Å²) in [6, 6.07) is 0. The van der Waals surface area contributed by atoms with E-state index in [1.165, 1.54) is 0 Å². The Balaban J connectivity index is 0.000000921. The second-order valence-electron chi connectivity index (χ2n) is 2.56. The first-order chi connectivity index (χ1) is 7.19. The monoisotopic (exact) mass is 229 g/mol. The van der Waals surface area contributed by atoms with Crippen LogP contribution in [0.4, 0.5) is 0 Å². The van der Waals surface area contributed by atoms with Crippen LogP contribution in [0.25, 0.3) is 0 Å². The van der Waals surface area contributed by atoms with E-state index in [4.69, 9.17) is 5.73 Å². The van der Waals surface area contributed by atoms with Crippen LogP contribution in [-0.2, 0) is 11.2 Å². The summed E-state index contributed by atoms with van der Waals surface area (Å²) >= 11 is -1.42. The highest BCUT2D eigenvalue weighted by Crippen LogP contribution is 2.13. The number of allylic oxidation sites excluding steroid dienone is 2. The predicted molar refractivity (Wildman–Crippen MR) is 66.4 cm³/mol. The molecule has 0 bridgehead atoms. The number of hydrogen-bond acceptors (Lipinski definition) is 2. The average molecular weight is 229 g/mol. The van der Waals surface area contributed by atoms with Gasteiger partial charge in [0.05, 0.1) is 5.70 Å². The average Bonchev–Trinajstić information content (AvgIpc) is 2.21. The van der Waals surface area contributed by atoms with Crippen molar-refractivity contribution in [3.8, 4) is 0 Å². The highest BCUT2D eigenvalue weighted by atomic mass is 32.2. The molecule has 0 aromatic heterocycles. The maximum atomic E-state index is 11.1. The maximum Gasteiger partial charge on any atom is 0.244 e. The molecule has 5 heteroatoms. The van der Waals surface area contributed by atoms with Gasteiger partial charge in [-0.1, -0.05) is 32.9 Å². The molecule has 0 saturated carbocycles. The topological polar surface area (TPSA) is 67.5 Å². The van der Waals surface area contributed by atoms with Gasteiger partial charge in [0.25, 0.3) is 0 Å². The Morgan fingerprint density at radius 1 is 1.53 bits per heavy atom. The lowest BCUT2D eigenvalue weighted by molar-refractivity contribution is 0.679. The third-order valence-electron chi connectivity index (χ3n) is 1.64. The van der Waals surface area contributed by atoms with E-state index in [1.54, 1.807) is 0 Å². The SMILES string of the molecule is C/C=C1/C(N)=NS(=O)N/C1=C/CC.CC. The van der Waals surface area contributed by atoms with Crippen LogP contribution in [0.15, 0.2) is 27.8 Å². The van der Waals surface area contributed by atoms with Crippen LogP contribution in [0.3, 0.4) is 0 Å². The molecule has 0 fully saturated rings. The summed E-state index contributed by atoms with van der Waals surface area (Å²) in [4.78, 5) is 0. The van der Waals surface area contributed by atoms with Gasteiger partial charge in [-0.3, -0.25) is 4.72 Å². The Bertz CT molecular complexity index is 319. The van der Waals surface area contributed by atoms with Gasteiger partial charge in [-0.25, -0.2) is 4.21 Å². The zero-order valence-electron chi connectivity index (χ0n) is 9.70. The number of hydrogen-bond donors (Lipinski definition) is 2. The van der Waals surface area contributed by atoms with Crippen molar-refractivity contribution in [1.82, 2.24) is 4.72 Å². The normalized spacial score (nSPS) is 25.3. The number of rotatable bonds is 1. The van der Waals surface area contributed by atoms with Gasteiger partial charge in [0.2, 0.25) is 11.2 Å². The van der Waals surface area contributed by atoms with Crippen LogP contribution in [0.1, 0.15) is 34.1 Å². The smallest absolute Gasteiger partial charge is 0.244 e. The summed E-state index contributed by atoms with van der Waals surface area (Å²) in [5.74, 6) is 0.333. The predicted octanol–water partition coefficient (Wildman–Crippen LogP) is 1.79. The van der Waals surface area contributed by atoms with Crippen molar-refractivity contribution < 1.29 is 4.21 Å². The Hall–Kier alpha value is -1.10. The summed E-state index contributed by atoms with van der Waals surface area (Å²) in [7, 11) is 0. The number of amidine groups is 1. The molecule has 0 amide bonds. The molecule has 1 heterocycles. The molecular weight excluding hydrogens is 210 g/mol. The van der Waals surface area contributed by atoms with E-state index in [2.05, 4.69) is 9.12 Å². The van der Waals surface area contributed by atoms with E-state index in [9.17, 15) is 4.21 Å². The maximum absolute atomic E-state index is 11.1. The van der Waals surface area contributed by atoms with E-state index in [0.717, 1.165) is 17.7 Å². The lowest BCUT2D eigenvalue weighted by Gasteiger charge is -2.16. The van der Waals surface area contributed by atoms with Crippen molar-refractivity contribution >= 4 is 17.0 Å². The first kappa shape index (κ1) is 13.9. The Labute approximate surface area is 94.1 Å². The fraction of sp³-hybridized carbons (Fsp3) is 0.500. The van der Waals surface area contributed by atoms with Gasteiger partial charge in [-0.05, 0) is 13.3 Å². The summed E-state index contributed by atoms with van der Waals surface area (Å²) in [6.45, 7) is 7.88. The molecule has 1 aliphatic rings. The standard InChI is InChI=1S/C8H13N3OS.C2H6/c1-3-5-7-6(4-2)8(9)11-13(12)10-7;1-2/h4-5,10H,3H2,1-2H3,(H2,9,11);1-2H3/b6-4+,7-5+;. The minimum atomic E-state index is -1.42. The number of nitrogens with one attached hydrogen (secondary N) is 1. The number of nitrogens with zero attached hydrogens (tertiary/aromatic N) is 1. The van der Waals surface area contributed by atoms with Crippen LogP contribution >= 0.6 is 0 Å². The van der Waals surface area contributed by atoms with Crippen molar-refractivity contribution in [3.05, 3.63) is 23.4 Å². The van der Waals surface area contributed by atoms with Crippen LogP contribution in [0.2, 0.25) is 0 Å².